The third-order valence-electron chi connectivity index (χ3n) is 4.34. The molecule has 3 rings (SSSR count). The molecule has 6 heteroatoms. The number of anilines is 2. The summed E-state index contributed by atoms with van der Waals surface area (Å²) in [6.07, 6.45) is 1.60. The highest BCUT2D eigenvalue weighted by atomic mass is 32.2. The van der Waals surface area contributed by atoms with Crippen molar-refractivity contribution in [2.45, 2.75) is 44.6 Å². The molecule has 0 spiro atoms. The molecule has 0 fully saturated rings. The molecular weight excluding hydrogens is 336 g/mol. The second-order valence-corrected chi connectivity index (χ2v) is 8.48. The highest BCUT2D eigenvalue weighted by Gasteiger charge is 2.30. The van der Waals surface area contributed by atoms with E-state index in [1.54, 1.807) is 24.3 Å². The van der Waals surface area contributed by atoms with Gasteiger partial charge in [-0.3, -0.25) is 4.31 Å². The molecule has 0 atom stereocenters. The van der Waals surface area contributed by atoms with Gasteiger partial charge in [-0.2, -0.15) is 0 Å². The summed E-state index contributed by atoms with van der Waals surface area (Å²) in [6, 6.07) is 10.5. The number of sulfonamides is 1. The molecule has 0 saturated carbocycles. The molecule has 0 unspecified atom stereocenters. The van der Waals surface area contributed by atoms with Crippen LogP contribution < -0.4 is 14.8 Å². The Morgan fingerprint density at radius 3 is 2.64 bits per heavy atom. The highest BCUT2D eigenvalue weighted by Crippen LogP contribution is 2.35. The number of ether oxygens (including phenoxy) is 1. The summed E-state index contributed by atoms with van der Waals surface area (Å²) in [6.45, 7) is 6.21. The van der Waals surface area contributed by atoms with Crippen molar-refractivity contribution in [1.82, 2.24) is 0 Å². The Labute approximate surface area is 149 Å². The number of aryl methyl sites for hydroxylation is 1. The van der Waals surface area contributed by atoms with Crippen molar-refractivity contribution in [2.24, 2.45) is 0 Å². The minimum atomic E-state index is -3.64. The first-order valence-electron chi connectivity index (χ1n) is 8.48. The quantitative estimate of drug-likeness (QED) is 0.847. The van der Waals surface area contributed by atoms with E-state index in [0.29, 0.717) is 23.7 Å². The molecule has 25 heavy (non-hydrogen) atoms. The number of hydrogen-bond acceptors (Lipinski definition) is 4. The number of nitrogen functional groups attached to an aromatic ring is 1. The molecule has 5 nitrogen and oxygen atoms in total. The molecule has 0 aromatic heterocycles. The third kappa shape index (κ3) is 3.31. The van der Waals surface area contributed by atoms with Crippen LogP contribution in [0.3, 0.4) is 0 Å². The monoisotopic (exact) mass is 360 g/mol. The number of hydrogen-bond donors (Lipinski definition) is 1. The van der Waals surface area contributed by atoms with E-state index in [4.69, 9.17) is 10.5 Å². The number of nitrogens with two attached hydrogens (primary N) is 1. The van der Waals surface area contributed by atoms with Gasteiger partial charge in [0, 0.05) is 12.2 Å². The van der Waals surface area contributed by atoms with Gasteiger partial charge in [-0.1, -0.05) is 6.07 Å². The normalized spacial score (nSPS) is 14.5. The van der Waals surface area contributed by atoms with Gasteiger partial charge in [-0.15, -0.1) is 0 Å². The van der Waals surface area contributed by atoms with E-state index < -0.39 is 10.0 Å². The fraction of sp³-hybridized carbons (Fsp3) is 0.368. The lowest BCUT2D eigenvalue weighted by molar-refractivity contribution is 0.240. The van der Waals surface area contributed by atoms with Crippen molar-refractivity contribution >= 4 is 21.4 Å². The minimum absolute atomic E-state index is 0.0399. The molecule has 2 aromatic carbocycles. The topological polar surface area (TPSA) is 72.6 Å². The highest BCUT2D eigenvalue weighted by molar-refractivity contribution is 7.92. The van der Waals surface area contributed by atoms with Crippen LogP contribution in [0.25, 0.3) is 0 Å². The minimum Gasteiger partial charge on any atom is -0.491 e. The average molecular weight is 360 g/mol. The molecule has 0 bridgehead atoms. The average Bonchev–Trinajstić information content (AvgIpc) is 2.56. The van der Waals surface area contributed by atoms with Crippen molar-refractivity contribution < 1.29 is 13.2 Å². The molecular formula is C19H24N2O3S. The van der Waals surface area contributed by atoms with E-state index in [0.717, 1.165) is 24.0 Å². The van der Waals surface area contributed by atoms with Gasteiger partial charge in [-0.25, -0.2) is 8.42 Å². The number of fused-ring (bicyclic) bond motifs is 1. The van der Waals surface area contributed by atoms with Gasteiger partial charge in [0.05, 0.1) is 16.7 Å². The van der Waals surface area contributed by atoms with Crippen LogP contribution in [0.4, 0.5) is 11.4 Å². The Kier molecular flexibility index (Phi) is 4.64. The fourth-order valence-corrected chi connectivity index (χ4v) is 4.78. The molecule has 0 radical (unpaired) electrons. The van der Waals surface area contributed by atoms with Crippen LogP contribution in [-0.4, -0.2) is 21.1 Å². The Morgan fingerprint density at radius 1 is 1.20 bits per heavy atom. The van der Waals surface area contributed by atoms with Crippen LogP contribution in [0.1, 0.15) is 31.4 Å². The fourth-order valence-electron chi connectivity index (χ4n) is 3.16. The van der Waals surface area contributed by atoms with Gasteiger partial charge in [0.1, 0.15) is 5.75 Å². The van der Waals surface area contributed by atoms with Crippen LogP contribution in [-0.2, 0) is 16.4 Å². The smallest absolute Gasteiger partial charge is 0.264 e. The summed E-state index contributed by atoms with van der Waals surface area (Å²) in [5, 5.41) is 0. The zero-order valence-electron chi connectivity index (χ0n) is 14.8. The Hall–Kier alpha value is -2.21. The van der Waals surface area contributed by atoms with Gasteiger partial charge < -0.3 is 10.5 Å². The summed E-state index contributed by atoms with van der Waals surface area (Å²) < 4.78 is 33.6. The molecule has 134 valence electrons. The first-order valence-corrected chi connectivity index (χ1v) is 9.92. The maximum atomic E-state index is 13.2. The van der Waals surface area contributed by atoms with E-state index in [-0.39, 0.29) is 11.0 Å². The molecule has 1 heterocycles. The SMILES string of the molecule is Cc1cc(S(=O)(=O)N2CCCc3c(N)cccc32)ccc1OC(C)C. The number of rotatable bonds is 4. The zero-order valence-corrected chi connectivity index (χ0v) is 15.6. The maximum Gasteiger partial charge on any atom is 0.264 e. The number of benzene rings is 2. The first kappa shape index (κ1) is 17.6. The maximum absolute atomic E-state index is 13.2. The molecule has 1 aliphatic heterocycles. The molecule has 0 amide bonds. The van der Waals surface area contributed by atoms with E-state index in [9.17, 15) is 8.42 Å². The first-order chi connectivity index (χ1) is 11.8. The predicted octanol–water partition coefficient (Wildman–Crippen LogP) is 3.51. The Morgan fingerprint density at radius 2 is 1.96 bits per heavy atom. The van der Waals surface area contributed by atoms with Crippen LogP contribution in [0.5, 0.6) is 5.75 Å². The van der Waals surface area contributed by atoms with E-state index in [2.05, 4.69) is 0 Å². The van der Waals surface area contributed by atoms with E-state index in [1.165, 1.54) is 4.31 Å². The van der Waals surface area contributed by atoms with E-state index >= 15 is 0 Å². The van der Waals surface area contributed by atoms with Crippen molar-refractivity contribution in [3.05, 3.63) is 47.5 Å². The van der Waals surface area contributed by atoms with Gasteiger partial charge >= 0.3 is 0 Å². The lowest BCUT2D eigenvalue weighted by Crippen LogP contribution is -2.35. The summed E-state index contributed by atoms with van der Waals surface area (Å²) in [5.74, 6) is 0.706. The van der Waals surface area contributed by atoms with Crippen molar-refractivity contribution in [1.29, 1.82) is 0 Å². The Bertz CT molecular complexity index is 892. The van der Waals surface area contributed by atoms with Crippen molar-refractivity contribution in [3.63, 3.8) is 0 Å². The molecule has 0 aliphatic carbocycles. The summed E-state index contributed by atoms with van der Waals surface area (Å²) in [5.41, 5.74) is 9.09. The van der Waals surface area contributed by atoms with Crippen LogP contribution in [0, 0.1) is 6.92 Å². The van der Waals surface area contributed by atoms with Crippen molar-refractivity contribution in [3.8, 4) is 5.75 Å². The van der Waals surface area contributed by atoms with Gasteiger partial charge in [0.25, 0.3) is 10.0 Å². The second-order valence-electron chi connectivity index (χ2n) is 6.62. The summed E-state index contributed by atoms with van der Waals surface area (Å²) in [4.78, 5) is 0.274. The summed E-state index contributed by atoms with van der Waals surface area (Å²) in [7, 11) is -3.64. The standard InChI is InChI=1S/C19H24N2O3S/c1-13(2)24-19-10-9-15(12-14(19)3)25(22,23)21-11-5-6-16-17(20)7-4-8-18(16)21/h4,7-10,12-13H,5-6,11,20H2,1-3H3. The van der Waals surface area contributed by atoms with E-state index in [1.807, 2.05) is 32.9 Å². The molecule has 0 saturated heterocycles. The lowest BCUT2D eigenvalue weighted by Gasteiger charge is -2.31. The second kappa shape index (κ2) is 6.59. The molecule has 2 N–H and O–H groups in total. The van der Waals surface area contributed by atoms with Crippen LogP contribution in [0.2, 0.25) is 0 Å². The van der Waals surface area contributed by atoms with Crippen LogP contribution in [0.15, 0.2) is 41.3 Å². The lowest BCUT2D eigenvalue weighted by atomic mass is 10.0. The van der Waals surface area contributed by atoms with Gasteiger partial charge in [0.15, 0.2) is 0 Å². The predicted molar refractivity (Wildman–Crippen MR) is 101 cm³/mol. The van der Waals surface area contributed by atoms with Crippen LogP contribution >= 0.6 is 0 Å². The third-order valence-corrected chi connectivity index (χ3v) is 6.15. The van der Waals surface area contributed by atoms with Crippen molar-refractivity contribution in [2.75, 3.05) is 16.6 Å². The number of nitrogens with zero attached hydrogens (tertiary/aromatic N) is 1. The Balaban J connectivity index is 2.01. The molecule has 1 aliphatic rings. The van der Waals surface area contributed by atoms with Gasteiger partial charge in [-0.05, 0) is 75.1 Å². The van der Waals surface area contributed by atoms with Gasteiger partial charge in [0.2, 0.25) is 0 Å². The summed E-state index contributed by atoms with van der Waals surface area (Å²) >= 11 is 0. The molecule has 2 aromatic rings. The largest absolute Gasteiger partial charge is 0.491 e. The zero-order chi connectivity index (χ0) is 18.2.